The maximum absolute atomic E-state index is 10.3. The van der Waals surface area contributed by atoms with E-state index in [9.17, 15) is 5.11 Å². The number of hydrogen-bond donors (Lipinski definition) is 1. The normalized spacial score (nSPS) is 44.4. The lowest BCUT2D eigenvalue weighted by molar-refractivity contribution is 0.109. The highest BCUT2D eigenvalue weighted by molar-refractivity contribution is 7.10. The minimum Gasteiger partial charge on any atom is -0.384 e. The standard InChI is InChI=1S/C10H12OS/c11-10(9-5-2-6-12-9)7-3-1-4-8(7)10/h2,5-8,11H,1,3-4H2. The van der Waals surface area contributed by atoms with Crippen LogP contribution in [0.15, 0.2) is 17.5 Å². The van der Waals surface area contributed by atoms with Gasteiger partial charge in [-0.05, 0) is 36.1 Å². The van der Waals surface area contributed by atoms with E-state index in [1.54, 1.807) is 11.3 Å². The van der Waals surface area contributed by atoms with Gasteiger partial charge in [-0.1, -0.05) is 12.5 Å². The van der Waals surface area contributed by atoms with E-state index in [-0.39, 0.29) is 0 Å². The summed E-state index contributed by atoms with van der Waals surface area (Å²) in [7, 11) is 0. The smallest absolute Gasteiger partial charge is 0.105 e. The van der Waals surface area contributed by atoms with Gasteiger partial charge in [0.2, 0.25) is 0 Å². The van der Waals surface area contributed by atoms with Crippen LogP contribution < -0.4 is 0 Å². The zero-order chi connectivity index (χ0) is 8.18. The molecule has 12 heavy (non-hydrogen) atoms. The zero-order valence-electron chi connectivity index (χ0n) is 6.86. The summed E-state index contributed by atoms with van der Waals surface area (Å²) in [5.74, 6) is 1.19. The van der Waals surface area contributed by atoms with E-state index >= 15 is 0 Å². The monoisotopic (exact) mass is 180 g/mol. The molecule has 0 bridgehead atoms. The average Bonchev–Trinajstić information content (AvgIpc) is 2.62. The lowest BCUT2D eigenvalue weighted by Gasteiger charge is -2.11. The molecule has 0 amide bonds. The van der Waals surface area contributed by atoms with E-state index < -0.39 is 5.60 Å². The van der Waals surface area contributed by atoms with E-state index in [2.05, 4.69) is 11.4 Å². The summed E-state index contributed by atoms with van der Waals surface area (Å²) >= 11 is 1.70. The van der Waals surface area contributed by atoms with Crippen molar-refractivity contribution in [2.24, 2.45) is 11.8 Å². The second-order valence-corrected chi connectivity index (χ2v) is 4.89. The molecule has 2 saturated carbocycles. The summed E-state index contributed by atoms with van der Waals surface area (Å²) in [6.45, 7) is 0. The van der Waals surface area contributed by atoms with Crippen molar-refractivity contribution < 1.29 is 5.11 Å². The Kier molecular flexibility index (Phi) is 1.25. The highest BCUT2D eigenvalue weighted by Crippen LogP contribution is 2.66. The Labute approximate surface area is 76.0 Å². The van der Waals surface area contributed by atoms with Gasteiger partial charge in [-0.15, -0.1) is 11.3 Å². The fourth-order valence-corrected chi connectivity index (χ4v) is 3.75. The molecule has 2 heteroatoms. The van der Waals surface area contributed by atoms with E-state index in [0.29, 0.717) is 11.8 Å². The number of thiophene rings is 1. The lowest BCUT2D eigenvalue weighted by atomic mass is 10.1. The van der Waals surface area contributed by atoms with Gasteiger partial charge in [0.1, 0.15) is 5.60 Å². The van der Waals surface area contributed by atoms with Crippen molar-refractivity contribution >= 4 is 11.3 Å². The molecule has 0 saturated heterocycles. The summed E-state index contributed by atoms with van der Waals surface area (Å²) in [5.41, 5.74) is -0.396. The largest absolute Gasteiger partial charge is 0.384 e. The third-order valence-corrected chi connectivity index (χ3v) is 4.46. The van der Waals surface area contributed by atoms with Gasteiger partial charge in [0, 0.05) is 4.88 Å². The molecule has 2 aliphatic rings. The molecule has 1 N–H and O–H groups in total. The molecule has 1 aromatic rings. The van der Waals surface area contributed by atoms with Crippen molar-refractivity contribution in [2.75, 3.05) is 0 Å². The van der Waals surface area contributed by atoms with Crippen LogP contribution in [0.25, 0.3) is 0 Å². The second kappa shape index (κ2) is 2.12. The minimum atomic E-state index is -0.396. The van der Waals surface area contributed by atoms with Gasteiger partial charge in [-0.3, -0.25) is 0 Å². The van der Waals surface area contributed by atoms with Crippen molar-refractivity contribution in [1.29, 1.82) is 0 Å². The summed E-state index contributed by atoms with van der Waals surface area (Å²) in [6, 6.07) is 4.11. The molecule has 1 nitrogen and oxygen atoms in total. The molecule has 0 aliphatic heterocycles. The number of hydrogen-bond acceptors (Lipinski definition) is 2. The van der Waals surface area contributed by atoms with Crippen LogP contribution in [-0.2, 0) is 5.60 Å². The molecule has 0 spiro atoms. The van der Waals surface area contributed by atoms with E-state index in [1.807, 2.05) is 6.07 Å². The zero-order valence-corrected chi connectivity index (χ0v) is 7.68. The minimum absolute atomic E-state index is 0.396. The molecule has 1 aromatic heterocycles. The third kappa shape index (κ3) is 0.679. The van der Waals surface area contributed by atoms with Crippen LogP contribution in [0.2, 0.25) is 0 Å². The van der Waals surface area contributed by atoms with Crippen molar-refractivity contribution in [3.05, 3.63) is 22.4 Å². The van der Waals surface area contributed by atoms with Crippen LogP contribution in [0, 0.1) is 11.8 Å². The molecular formula is C10H12OS. The highest BCUT2D eigenvalue weighted by atomic mass is 32.1. The topological polar surface area (TPSA) is 20.2 Å². The number of rotatable bonds is 1. The van der Waals surface area contributed by atoms with Gasteiger partial charge in [0.05, 0.1) is 0 Å². The van der Waals surface area contributed by atoms with Crippen molar-refractivity contribution in [2.45, 2.75) is 24.9 Å². The van der Waals surface area contributed by atoms with Crippen LogP contribution in [0.4, 0.5) is 0 Å². The van der Waals surface area contributed by atoms with Gasteiger partial charge in [0.25, 0.3) is 0 Å². The Bertz CT molecular complexity index is 281. The Hall–Kier alpha value is -0.340. The number of aliphatic hydroxyl groups is 1. The van der Waals surface area contributed by atoms with Gasteiger partial charge < -0.3 is 5.11 Å². The van der Waals surface area contributed by atoms with Crippen molar-refractivity contribution in [3.63, 3.8) is 0 Å². The van der Waals surface area contributed by atoms with Crippen LogP contribution in [0.1, 0.15) is 24.1 Å². The molecular weight excluding hydrogens is 168 g/mol. The summed E-state index contributed by atoms with van der Waals surface area (Å²) in [6.07, 6.45) is 3.79. The summed E-state index contributed by atoms with van der Waals surface area (Å²) < 4.78 is 0. The first kappa shape index (κ1) is 7.10. The Morgan fingerprint density at radius 2 is 2.17 bits per heavy atom. The quantitative estimate of drug-likeness (QED) is 0.703. The fourth-order valence-electron chi connectivity index (χ4n) is 2.79. The molecule has 1 heterocycles. The van der Waals surface area contributed by atoms with Crippen molar-refractivity contribution in [1.82, 2.24) is 0 Å². The van der Waals surface area contributed by atoms with Gasteiger partial charge in [-0.2, -0.15) is 0 Å². The summed E-state index contributed by atoms with van der Waals surface area (Å²) in [4.78, 5) is 1.19. The Morgan fingerprint density at radius 1 is 1.42 bits per heavy atom. The summed E-state index contributed by atoms with van der Waals surface area (Å²) in [5, 5.41) is 12.3. The highest BCUT2D eigenvalue weighted by Gasteiger charge is 2.66. The third-order valence-electron chi connectivity index (χ3n) is 3.45. The second-order valence-electron chi connectivity index (χ2n) is 3.95. The predicted octanol–water partition coefficient (Wildman–Crippen LogP) is 2.37. The van der Waals surface area contributed by atoms with Crippen LogP contribution in [0.5, 0.6) is 0 Å². The Morgan fingerprint density at radius 3 is 2.75 bits per heavy atom. The van der Waals surface area contributed by atoms with Crippen LogP contribution in [0.3, 0.4) is 0 Å². The van der Waals surface area contributed by atoms with Crippen molar-refractivity contribution in [3.8, 4) is 0 Å². The first-order valence-corrected chi connectivity index (χ1v) is 5.48. The molecule has 2 aliphatic carbocycles. The maximum atomic E-state index is 10.3. The molecule has 64 valence electrons. The molecule has 2 atom stereocenters. The molecule has 2 unspecified atom stereocenters. The van der Waals surface area contributed by atoms with Gasteiger partial charge in [0.15, 0.2) is 0 Å². The average molecular weight is 180 g/mol. The number of fused-ring (bicyclic) bond motifs is 1. The van der Waals surface area contributed by atoms with Gasteiger partial charge in [-0.25, -0.2) is 0 Å². The van der Waals surface area contributed by atoms with Gasteiger partial charge >= 0.3 is 0 Å². The SMILES string of the molecule is OC1(c2cccs2)C2CCCC21. The predicted molar refractivity (Wildman–Crippen MR) is 49.0 cm³/mol. The molecule has 0 aromatic carbocycles. The van der Waals surface area contributed by atoms with Crippen LogP contribution >= 0.6 is 11.3 Å². The van der Waals surface area contributed by atoms with Crippen LogP contribution in [-0.4, -0.2) is 5.11 Å². The maximum Gasteiger partial charge on any atom is 0.105 e. The molecule has 0 radical (unpaired) electrons. The fraction of sp³-hybridized carbons (Fsp3) is 0.600. The first-order valence-electron chi connectivity index (χ1n) is 4.60. The van der Waals surface area contributed by atoms with E-state index in [0.717, 1.165) is 0 Å². The first-order chi connectivity index (χ1) is 5.83. The molecule has 3 rings (SSSR count). The van der Waals surface area contributed by atoms with E-state index in [4.69, 9.17) is 0 Å². The molecule has 2 fully saturated rings. The Balaban J connectivity index is 1.96. The van der Waals surface area contributed by atoms with E-state index in [1.165, 1.54) is 24.1 Å². The lowest BCUT2D eigenvalue weighted by Crippen LogP contribution is -2.10.